The molecule has 0 spiro atoms. The second-order valence-corrected chi connectivity index (χ2v) is 3.19. The predicted octanol–water partition coefficient (Wildman–Crippen LogP) is 0.615. The Morgan fingerprint density at radius 1 is 1.19 bits per heavy atom. The van der Waals surface area contributed by atoms with Crippen molar-refractivity contribution in [1.82, 2.24) is 10.2 Å². The Balaban J connectivity index is 0.00000112. The van der Waals surface area contributed by atoms with Gasteiger partial charge in [-0.05, 0) is 12.1 Å². The average Bonchev–Trinajstić information content (AvgIpc) is 2.30. The fourth-order valence-electron chi connectivity index (χ4n) is 1.42. The van der Waals surface area contributed by atoms with Crippen LogP contribution in [-0.2, 0) is 11.3 Å². The first-order chi connectivity index (χ1) is 6.90. The molecule has 0 atom stereocenters. The van der Waals surface area contributed by atoms with Crippen LogP contribution in [0.25, 0.3) is 0 Å². The fraction of sp³-hybridized carbons (Fsp3) is 0.556. The first kappa shape index (κ1) is 15.4. The first-order valence-electron chi connectivity index (χ1n) is 4.75. The second kappa shape index (κ2) is 7.62. The highest BCUT2D eigenvalue weighted by Crippen LogP contribution is 2.10. The van der Waals surface area contributed by atoms with E-state index >= 15 is 0 Å². The van der Waals surface area contributed by atoms with Gasteiger partial charge in [0.25, 0.3) is 0 Å². The summed E-state index contributed by atoms with van der Waals surface area (Å²) in [6.07, 6.45) is 0. The van der Waals surface area contributed by atoms with Gasteiger partial charge in [0.2, 0.25) is 0 Å². The van der Waals surface area contributed by atoms with Gasteiger partial charge in [-0.25, -0.2) is 0 Å². The Hall–Kier alpha value is -0.620. The summed E-state index contributed by atoms with van der Waals surface area (Å²) in [4.78, 5) is 2.16. The standard InChI is InChI=1S/C9H14N4O.2ClH/c10-7-8-1-2-9(12-11-8)13-3-5-14-6-4-13;;/h1-2H,3-7,10H2;2*1H. The van der Waals surface area contributed by atoms with Gasteiger partial charge in [0.05, 0.1) is 18.9 Å². The van der Waals surface area contributed by atoms with E-state index in [0.29, 0.717) is 6.54 Å². The molecule has 1 aromatic heterocycles. The van der Waals surface area contributed by atoms with Crippen molar-refractivity contribution in [1.29, 1.82) is 0 Å². The molecule has 16 heavy (non-hydrogen) atoms. The molecule has 0 amide bonds. The Morgan fingerprint density at radius 2 is 1.88 bits per heavy atom. The number of ether oxygens (including phenoxy) is 1. The molecule has 0 bridgehead atoms. The van der Waals surface area contributed by atoms with E-state index in [9.17, 15) is 0 Å². The van der Waals surface area contributed by atoms with Gasteiger partial charge < -0.3 is 15.4 Å². The van der Waals surface area contributed by atoms with Crippen LogP contribution in [0.2, 0.25) is 0 Å². The van der Waals surface area contributed by atoms with Gasteiger partial charge in [-0.1, -0.05) is 0 Å². The van der Waals surface area contributed by atoms with Crippen molar-refractivity contribution in [3.05, 3.63) is 17.8 Å². The van der Waals surface area contributed by atoms with E-state index in [-0.39, 0.29) is 24.8 Å². The lowest BCUT2D eigenvalue weighted by Crippen LogP contribution is -2.36. The maximum Gasteiger partial charge on any atom is 0.151 e. The smallest absolute Gasteiger partial charge is 0.151 e. The third kappa shape index (κ3) is 3.75. The molecule has 1 saturated heterocycles. The van der Waals surface area contributed by atoms with E-state index in [1.807, 2.05) is 12.1 Å². The van der Waals surface area contributed by atoms with Crippen LogP contribution in [0.4, 0.5) is 5.82 Å². The molecular weight excluding hydrogens is 251 g/mol. The van der Waals surface area contributed by atoms with E-state index in [0.717, 1.165) is 37.8 Å². The van der Waals surface area contributed by atoms with Gasteiger partial charge in [0.1, 0.15) is 0 Å². The van der Waals surface area contributed by atoms with Crippen LogP contribution in [0, 0.1) is 0 Å². The Kier molecular flexibility index (Phi) is 7.33. The number of nitrogens with zero attached hydrogens (tertiary/aromatic N) is 3. The van der Waals surface area contributed by atoms with Crippen LogP contribution in [0.5, 0.6) is 0 Å². The summed E-state index contributed by atoms with van der Waals surface area (Å²) < 4.78 is 5.26. The van der Waals surface area contributed by atoms with E-state index < -0.39 is 0 Å². The molecule has 7 heteroatoms. The minimum Gasteiger partial charge on any atom is -0.378 e. The maximum absolute atomic E-state index is 5.44. The van der Waals surface area contributed by atoms with Gasteiger partial charge in [0.15, 0.2) is 5.82 Å². The summed E-state index contributed by atoms with van der Waals surface area (Å²) in [5, 5.41) is 8.13. The molecule has 1 aliphatic rings. The molecule has 1 fully saturated rings. The number of hydrogen-bond acceptors (Lipinski definition) is 5. The van der Waals surface area contributed by atoms with Crippen molar-refractivity contribution >= 4 is 30.6 Å². The van der Waals surface area contributed by atoms with Gasteiger partial charge >= 0.3 is 0 Å². The van der Waals surface area contributed by atoms with Crippen LogP contribution < -0.4 is 10.6 Å². The summed E-state index contributed by atoms with van der Waals surface area (Å²) in [5.74, 6) is 0.908. The third-order valence-corrected chi connectivity index (χ3v) is 2.25. The lowest BCUT2D eigenvalue weighted by Gasteiger charge is -2.27. The highest BCUT2D eigenvalue weighted by atomic mass is 35.5. The number of morpholine rings is 1. The Bertz CT molecular complexity index is 290. The van der Waals surface area contributed by atoms with Crippen molar-refractivity contribution in [3.8, 4) is 0 Å². The predicted molar refractivity (Wildman–Crippen MR) is 67.5 cm³/mol. The van der Waals surface area contributed by atoms with E-state index in [1.54, 1.807) is 0 Å². The molecular formula is C9H16Cl2N4O. The highest BCUT2D eigenvalue weighted by molar-refractivity contribution is 5.85. The summed E-state index contributed by atoms with van der Waals surface area (Å²) in [6, 6.07) is 3.87. The van der Waals surface area contributed by atoms with Crippen LogP contribution in [-0.4, -0.2) is 36.5 Å². The quantitative estimate of drug-likeness (QED) is 0.850. The van der Waals surface area contributed by atoms with Gasteiger partial charge in [-0.15, -0.1) is 29.9 Å². The lowest BCUT2D eigenvalue weighted by molar-refractivity contribution is 0.122. The molecule has 0 unspecified atom stereocenters. The molecule has 92 valence electrons. The third-order valence-electron chi connectivity index (χ3n) is 2.25. The Labute approximate surface area is 107 Å². The van der Waals surface area contributed by atoms with Gasteiger partial charge in [-0.2, -0.15) is 5.10 Å². The highest BCUT2D eigenvalue weighted by Gasteiger charge is 2.12. The zero-order valence-corrected chi connectivity index (χ0v) is 10.5. The molecule has 0 saturated carbocycles. The number of nitrogens with two attached hydrogens (primary N) is 1. The second-order valence-electron chi connectivity index (χ2n) is 3.19. The summed E-state index contributed by atoms with van der Waals surface area (Å²) in [5.41, 5.74) is 6.26. The Morgan fingerprint density at radius 3 is 2.38 bits per heavy atom. The number of halogens is 2. The van der Waals surface area contributed by atoms with Crippen LogP contribution in [0.3, 0.4) is 0 Å². The number of anilines is 1. The van der Waals surface area contributed by atoms with Gasteiger partial charge in [-0.3, -0.25) is 0 Å². The summed E-state index contributed by atoms with van der Waals surface area (Å²) in [6.45, 7) is 3.74. The van der Waals surface area contributed by atoms with Crippen molar-refractivity contribution in [2.24, 2.45) is 5.73 Å². The van der Waals surface area contributed by atoms with E-state index in [2.05, 4.69) is 15.1 Å². The summed E-state index contributed by atoms with van der Waals surface area (Å²) in [7, 11) is 0. The SMILES string of the molecule is Cl.Cl.NCc1ccc(N2CCOCC2)nn1. The molecule has 1 aromatic rings. The molecule has 0 aromatic carbocycles. The normalized spacial score (nSPS) is 14.9. The van der Waals surface area contributed by atoms with Crippen LogP contribution in [0.1, 0.15) is 5.69 Å². The molecule has 1 aliphatic heterocycles. The first-order valence-corrected chi connectivity index (χ1v) is 4.75. The minimum atomic E-state index is 0. The monoisotopic (exact) mass is 266 g/mol. The number of rotatable bonds is 2. The molecule has 2 N–H and O–H groups in total. The summed E-state index contributed by atoms with van der Waals surface area (Å²) >= 11 is 0. The number of hydrogen-bond donors (Lipinski definition) is 1. The van der Waals surface area contributed by atoms with Gasteiger partial charge in [0, 0.05) is 19.6 Å². The van der Waals surface area contributed by atoms with Crippen molar-refractivity contribution in [3.63, 3.8) is 0 Å². The van der Waals surface area contributed by atoms with Crippen LogP contribution >= 0.6 is 24.8 Å². The topological polar surface area (TPSA) is 64.3 Å². The molecule has 0 aliphatic carbocycles. The molecule has 2 heterocycles. The van der Waals surface area contributed by atoms with E-state index in [1.165, 1.54) is 0 Å². The largest absolute Gasteiger partial charge is 0.378 e. The van der Waals surface area contributed by atoms with E-state index in [4.69, 9.17) is 10.5 Å². The van der Waals surface area contributed by atoms with Crippen molar-refractivity contribution in [2.45, 2.75) is 6.54 Å². The maximum atomic E-state index is 5.44. The van der Waals surface area contributed by atoms with Crippen LogP contribution in [0.15, 0.2) is 12.1 Å². The van der Waals surface area contributed by atoms with Crippen molar-refractivity contribution in [2.75, 3.05) is 31.2 Å². The fourth-order valence-corrected chi connectivity index (χ4v) is 1.42. The molecule has 0 radical (unpaired) electrons. The zero-order valence-electron chi connectivity index (χ0n) is 8.83. The van der Waals surface area contributed by atoms with Crippen molar-refractivity contribution < 1.29 is 4.74 Å². The minimum absolute atomic E-state index is 0. The lowest BCUT2D eigenvalue weighted by atomic mass is 10.3. The molecule has 2 rings (SSSR count). The number of aromatic nitrogens is 2. The molecule has 5 nitrogen and oxygen atoms in total. The average molecular weight is 267 g/mol. The zero-order chi connectivity index (χ0) is 9.80.